The Morgan fingerprint density at radius 1 is 1.21 bits per heavy atom. The topological polar surface area (TPSA) is 90.0 Å². The van der Waals surface area contributed by atoms with Gasteiger partial charge in [0.05, 0.1) is 18.6 Å². The Morgan fingerprint density at radius 3 is 2.50 bits per heavy atom. The maximum absolute atomic E-state index is 12.0. The van der Waals surface area contributed by atoms with E-state index in [-0.39, 0.29) is 49.6 Å². The number of hydrogen-bond donors (Lipinski definition) is 0. The highest BCUT2D eigenvalue weighted by atomic mass is 16.7. The fraction of sp³-hybridized carbons (Fsp3) is 0.647. The van der Waals surface area contributed by atoms with Crippen molar-refractivity contribution in [2.75, 3.05) is 0 Å². The first-order valence-corrected chi connectivity index (χ1v) is 8.28. The molecule has 24 heavy (non-hydrogen) atoms. The average molecular weight is 337 g/mol. The zero-order valence-electron chi connectivity index (χ0n) is 14.0. The number of hydrogen-bond acceptors (Lipinski definition) is 6. The molecule has 2 heterocycles. The van der Waals surface area contributed by atoms with Crippen LogP contribution in [0.2, 0.25) is 0 Å². The van der Waals surface area contributed by atoms with Gasteiger partial charge in [-0.3, -0.25) is 14.4 Å². The highest BCUT2D eigenvalue weighted by Gasteiger charge is 2.35. The minimum Gasteiger partial charge on any atom is -0.374 e. The number of ether oxygens (including phenoxy) is 1. The molecule has 7 nitrogen and oxygen atoms in total. The Kier molecular flexibility index (Phi) is 6.25. The van der Waals surface area contributed by atoms with E-state index in [0.29, 0.717) is 5.06 Å². The molecule has 3 atom stereocenters. The molecule has 7 heteroatoms. The maximum Gasteiger partial charge on any atom is 0.335 e. The molecule has 0 radical (unpaired) electrons. The maximum atomic E-state index is 12.0. The van der Waals surface area contributed by atoms with E-state index in [0.717, 1.165) is 12.8 Å². The standard InChI is InChI=1S/C17H23NO6/c1-3-4-12(19)9-13-6-5-11(2)14(23-13)10-17(22)24-18-15(20)7-8-16(18)21/h3-4,11,13-14H,5-10H2,1-2H3/b4-3+/t11-,13+,14-/m0/s1. The predicted molar refractivity (Wildman–Crippen MR) is 83.3 cm³/mol. The summed E-state index contributed by atoms with van der Waals surface area (Å²) in [6.07, 6.45) is 4.56. The van der Waals surface area contributed by atoms with E-state index in [4.69, 9.17) is 9.57 Å². The van der Waals surface area contributed by atoms with Crippen LogP contribution in [0.1, 0.15) is 52.4 Å². The van der Waals surface area contributed by atoms with Gasteiger partial charge in [-0.05, 0) is 31.8 Å². The summed E-state index contributed by atoms with van der Waals surface area (Å²) in [6, 6.07) is 0. The van der Waals surface area contributed by atoms with E-state index in [1.165, 1.54) is 6.08 Å². The number of ketones is 1. The molecule has 2 amide bonds. The molecule has 132 valence electrons. The number of carbonyl (C=O) groups is 4. The molecule has 2 aliphatic heterocycles. The predicted octanol–water partition coefficient (Wildman–Crippen LogP) is 1.70. The second-order valence-electron chi connectivity index (χ2n) is 6.27. The van der Waals surface area contributed by atoms with Crippen LogP contribution in [0.15, 0.2) is 12.2 Å². The quantitative estimate of drug-likeness (QED) is 0.541. The first kappa shape index (κ1) is 18.3. The van der Waals surface area contributed by atoms with Gasteiger partial charge in [0.2, 0.25) is 0 Å². The summed E-state index contributed by atoms with van der Waals surface area (Å²) in [5, 5.41) is 0.545. The summed E-state index contributed by atoms with van der Waals surface area (Å²) in [5.41, 5.74) is 0. The van der Waals surface area contributed by atoms with Crippen molar-refractivity contribution in [1.82, 2.24) is 5.06 Å². The molecule has 0 unspecified atom stereocenters. The molecule has 2 saturated heterocycles. The van der Waals surface area contributed by atoms with Crippen molar-refractivity contribution < 1.29 is 28.8 Å². The second-order valence-corrected chi connectivity index (χ2v) is 6.27. The van der Waals surface area contributed by atoms with Crippen molar-refractivity contribution >= 4 is 23.6 Å². The lowest BCUT2D eigenvalue weighted by Gasteiger charge is -2.34. The largest absolute Gasteiger partial charge is 0.374 e. The number of imide groups is 1. The normalized spacial score (nSPS) is 27.8. The summed E-state index contributed by atoms with van der Waals surface area (Å²) in [4.78, 5) is 51.5. The number of nitrogens with zero attached hydrogens (tertiary/aromatic N) is 1. The Morgan fingerprint density at radius 2 is 1.88 bits per heavy atom. The van der Waals surface area contributed by atoms with E-state index in [2.05, 4.69) is 0 Å². The highest BCUT2D eigenvalue weighted by Crippen LogP contribution is 2.29. The molecule has 2 rings (SSSR count). The lowest BCUT2D eigenvalue weighted by Crippen LogP contribution is -2.39. The van der Waals surface area contributed by atoms with Gasteiger partial charge in [-0.2, -0.15) is 0 Å². The molecule has 0 saturated carbocycles. The SMILES string of the molecule is C/C=C/C(=O)C[C@H]1CC[C@H](C)[C@H](CC(=O)ON2C(=O)CCC2=O)O1. The zero-order chi connectivity index (χ0) is 17.7. The van der Waals surface area contributed by atoms with Gasteiger partial charge in [-0.15, -0.1) is 5.06 Å². The van der Waals surface area contributed by atoms with Crippen LogP contribution in [0.3, 0.4) is 0 Å². The van der Waals surface area contributed by atoms with Crippen molar-refractivity contribution in [3.8, 4) is 0 Å². The summed E-state index contributed by atoms with van der Waals surface area (Å²) in [6.45, 7) is 3.75. The molecule has 0 bridgehead atoms. The smallest absolute Gasteiger partial charge is 0.335 e. The van der Waals surface area contributed by atoms with E-state index in [1.807, 2.05) is 6.92 Å². The van der Waals surface area contributed by atoms with Gasteiger partial charge in [0.15, 0.2) is 5.78 Å². The van der Waals surface area contributed by atoms with Crippen molar-refractivity contribution in [3.63, 3.8) is 0 Å². The van der Waals surface area contributed by atoms with E-state index in [9.17, 15) is 19.2 Å². The van der Waals surface area contributed by atoms with Gasteiger partial charge >= 0.3 is 5.97 Å². The summed E-state index contributed by atoms with van der Waals surface area (Å²) in [7, 11) is 0. The summed E-state index contributed by atoms with van der Waals surface area (Å²) in [5.74, 6) is -1.54. The number of amides is 2. The monoisotopic (exact) mass is 337 g/mol. The minimum atomic E-state index is -0.670. The van der Waals surface area contributed by atoms with Crippen LogP contribution in [0.5, 0.6) is 0 Å². The first-order chi connectivity index (χ1) is 11.4. The van der Waals surface area contributed by atoms with E-state index < -0.39 is 17.8 Å². The van der Waals surface area contributed by atoms with Crippen LogP contribution in [0.25, 0.3) is 0 Å². The van der Waals surface area contributed by atoms with Gasteiger partial charge < -0.3 is 9.57 Å². The number of allylic oxidation sites excluding steroid dienone is 2. The van der Waals surface area contributed by atoms with Gasteiger partial charge in [0.1, 0.15) is 0 Å². The fourth-order valence-corrected chi connectivity index (χ4v) is 2.92. The zero-order valence-corrected chi connectivity index (χ0v) is 14.0. The van der Waals surface area contributed by atoms with E-state index >= 15 is 0 Å². The van der Waals surface area contributed by atoms with Crippen molar-refractivity contribution in [2.45, 2.75) is 64.6 Å². The molecular formula is C17H23NO6. The van der Waals surface area contributed by atoms with Crippen molar-refractivity contribution in [1.29, 1.82) is 0 Å². The third-order valence-corrected chi connectivity index (χ3v) is 4.29. The van der Waals surface area contributed by atoms with Crippen LogP contribution < -0.4 is 0 Å². The summed E-state index contributed by atoms with van der Waals surface area (Å²) < 4.78 is 5.86. The molecule has 0 aromatic rings. The van der Waals surface area contributed by atoms with E-state index in [1.54, 1.807) is 13.0 Å². The molecule has 2 fully saturated rings. The minimum absolute atomic E-state index is 0.00774. The Hall–Kier alpha value is -2.02. The number of rotatable bonds is 6. The Bertz CT molecular complexity index is 539. The molecule has 2 aliphatic rings. The third kappa shape index (κ3) is 4.74. The Labute approximate surface area is 140 Å². The molecule has 0 N–H and O–H groups in total. The van der Waals surface area contributed by atoms with Crippen molar-refractivity contribution in [3.05, 3.63) is 12.2 Å². The lowest BCUT2D eigenvalue weighted by molar-refractivity contribution is -0.201. The molecule has 0 spiro atoms. The summed E-state index contributed by atoms with van der Waals surface area (Å²) >= 11 is 0. The third-order valence-electron chi connectivity index (χ3n) is 4.29. The lowest BCUT2D eigenvalue weighted by atomic mass is 9.90. The second kappa shape index (κ2) is 8.19. The molecule has 0 aliphatic carbocycles. The van der Waals surface area contributed by atoms with Gasteiger partial charge in [0.25, 0.3) is 11.8 Å². The van der Waals surface area contributed by atoms with Crippen molar-refractivity contribution in [2.24, 2.45) is 5.92 Å². The molecule has 0 aromatic carbocycles. The average Bonchev–Trinajstić information content (AvgIpc) is 2.83. The first-order valence-electron chi connectivity index (χ1n) is 8.28. The van der Waals surface area contributed by atoms with Crippen LogP contribution >= 0.6 is 0 Å². The molecular weight excluding hydrogens is 314 g/mol. The van der Waals surface area contributed by atoms with Crippen LogP contribution in [-0.4, -0.2) is 40.8 Å². The number of hydroxylamine groups is 2. The Balaban J connectivity index is 1.87. The number of carbonyl (C=O) groups excluding carboxylic acids is 4. The van der Waals surface area contributed by atoms with Gasteiger partial charge in [0, 0.05) is 19.3 Å². The van der Waals surface area contributed by atoms with Crippen LogP contribution in [-0.2, 0) is 28.8 Å². The fourth-order valence-electron chi connectivity index (χ4n) is 2.92. The van der Waals surface area contributed by atoms with Gasteiger partial charge in [-0.25, -0.2) is 4.79 Å². The van der Waals surface area contributed by atoms with Crippen LogP contribution in [0, 0.1) is 5.92 Å². The molecule has 0 aromatic heterocycles. The highest BCUT2D eigenvalue weighted by molar-refractivity contribution is 6.01. The van der Waals surface area contributed by atoms with Crippen LogP contribution in [0.4, 0.5) is 0 Å². The van der Waals surface area contributed by atoms with Gasteiger partial charge in [-0.1, -0.05) is 13.0 Å².